The summed E-state index contributed by atoms with van der Waals surface area (Å²) in [5.41, 5.74) is 0.598. The second-order valence-corrected chi connectivity index (χ2v) is 34.6. The third-order valence-electron chi connectivity index (χ3n) is 21.1. The first-order valence-corrected chi connectivity index (χ1v) is 44.4. The molecule has 12 rings (SSSR count). The van der Waals surface area contributed by atoms with Crippen LogP contribution >= 0.6 is 34.8 Å². The van der Waals surface area contributed by atoms with Gasteiger partial charge in [-0.25, -0.2) is 27.6 Å². The number of carbonyl (C=O) groups is 9. The van der Waals surface area contributed by atoms with Crippen LogP contribution in [0.15, 0.2) is 237 Å². The highest BCUT2D eigenvalue weighted by Crippen LogP contribution is 2.39. The molecule has 9 aromatic carbocycles. The second kappa shape index (κ2) is 45.6. The summed E-state index contributed by atoms with van der Waals surface area (Å²) < 4.78 is 76.3. The van der Waals surface area contributed by atoms with Crippen LogP contribution in [0, 0.1) is 17.5 Å². The van der Waals surface area contributed by atoms with Crippen LogP contribution < -0.4 is 28.9 Å². The topological polar surface area (TPSA) is 238 Å². The number of alkyl halides is 3. The number of nitrogens with zero attached hydrogens (tertiary/aromatic N) is 9. The molecule has 129 heavy (non-hydrogen) atoms. The van der Waals surface area contributed by atoms with Crippen LogP contribution in [0.5, 0.6) is 34.5 Å². The molecule has 0 saturated carbocycles. The molecule has 0 aromatic heterocycles. The van der Waals surface area contributed by atoms with Gasteiger partial charge in [0, 0.05) is 76.0 Å². The molecular weight excluding hydrogens is 1720 g/mol. The van der Waals surface area contributed by atoms with Gasteiger partial charge in [0.25, 0.3) is 17.7 Å². The summed E-state index contributed by atoms with van der Waals surface area (Å²) in [6.07, 6.45) is 0.488. The number of halogens is 6. The van der Waals surface area contributed by atoms with Crippen molar-refractivity contribution in [1.82, 2.24) is 29.4 Å². The van der Waals surface area contributed by atoms with Crippen LogP contribution in [0.2, 0.25) is 0 Å². The number of piperazine rings is 3. The number of amides is 9. The highest BCUT2D eigenvalue weighted by Gasteiger charge is 2.45. The van der Waals surface area contributed by atoms with Gasteiger partial charge in [-0.1, -0.05) is 112 Å². The molecular formula is C99H111Cl3F3N9O15. The summed E-state index contributed by atoms with van der Waals surface area (Å²) in [6, 6.07) is 60.4. The maximum Gasteiger partial charge on any atom is 0.410 e. The van der Waals surface area contributed by atoms with E-state index in [1.165, 1.54) is 87.5 Å². The van der Waals surface area contributed by atoms with Crippen LogP contribution in [0.1, 0.15) is 137 Å². The maximum atomic E-state index is 14.3. The summed E-state index contributed by atoms with van der Waals surface area (Å²) in [4.78, 5) is 136. The van der Waals surface area contributed by atoms with E-state index in [0.717, 1.165) is 0 Å². The molecule has 3 fully saturated rings. The van der Waals surface area contributed by atoms with Gasteiger partial charge in [0.2, 0.25) is 17.7 Å². The van der Waals surface area contributed by atoms with E-state index in [2.05, 4.69) is 0 Å². The molecule has 30 heteroatoms. The van der Waals surface area contributed by atoms with Gasteiger partial charge >= 0.3 is 18.3 Å². The summed E-state index contributed by atoms with van der Waals surface area (Å²) in [5.74, 6) is -1.54. The second-order valence-electron chi connectivity index (χ2n) is 33.8. The van der Waals surface area contributed by atoms with Crippen LogP contribution in [0.3, 0.4) is 0 Å². The van der Waals surface area contributed by atoms with Crippen LogP contribution in [-0.4, -0.2) is 195 Å². The van der Waals surface area contributed by atoms with E-state index in [4.69, 9.17) is 63.2 Å². The predicted octanol–water partition coefficient (Wildman–Crippen LogP) is 20.4. The minimum atomic E-state index is -1.13. The Morgan fingerprint density at radius 2 is 0.527 bits per heavy atom. The average Bonchev–Trinajstić information content (AvgIpc) is 0.787. The summed E-state index contributed by atoms with van der Waals surface area (Å²) in [7, 11) is 0. The lowest BCUT2D eigenvalue weighted by molar-refractivity contribution is -0.137. The molecule has 0 unspecified atom stereocenters. The van der Waals surface area contributed by atoms with Gasteiger partial charge in [-0.15, -0.1) is 34.8 Å². The van der Waals surface area contributed by atoms with E-state index >= 15 is 0 Å². The summed E-state index contributed by atoms with van der Waals surface area (Å²) in [6.45, 7) is 24.3. The van der Waals surface area contributed by atoms with Crippen molar-refractivity contribution >= 4 is 106 Å². The van der Waals surface area contributed by atoms with E-state index in [1.807, 2.05) is 174 Å². The Morgan fingerprint density at radius 1 is 0.318 bits per heavy atom. The third-order valence-corrected chi connectivity index (χ3v) is 21.8. The first kappa shape index (κ1) is 98.8. The van der Waals surface area contributed by atoms with Crippen molar-refractivity contribution in [2.75, 3.05) is 91.2 Å². The quantitative estimate of drug-likeness (QED) is 0.0404. The number of ether oxygens (including phenoxy) is 6. The van der Waals surface area contributed by atoms with Gasteiger partial charge in [0.15, 0.2) is 0 Å². The zero-order chi connectivity index (χ0) is 93.4. The Balaban J connectivity index is 0.000000201. The van der Waals surface area contributed by atoms with Crippen molar-refractivity contribution < 1.29 is 84.7 Å². The smallest absolute Gasteiger partial charge is 0.410 e. The van der Waals surface area contributed by atoms with Crippen molar-refractivity contribution in [1.29, 1.82) is 0 Å². The molecule has 0 N–H and O–H groups in total. The van der Waals surface area contributed by atoms with E-state index in [0.29, 0.717) is 87.5 Å². The zero-order valence-electron chi connectivity index (χ0n) is 74.5. The number of hydrogen-bond donors (Lipinski definition) is 0. The average molecular weight is 1830 g/mol. The van der Waals surface area contributed by atoms with Gasteiger partial charge in [-0.05, 0) is 244 Å². The largest absolute Gasteiger partial charge is 0.457 e. The van der Waals surface area contributed by atoms with Crippen molar-refractivity contribution in [3.8, 4) is 34.5 Å². The van der Waals surface area contributed by atoms with Crippen LogP contribution in [-0.2, 0) is 43.0 Å². The molecule has 0 radical (unpaired) electrons. The fourth-order valence-corrected chi connectivity index (χ4v) is 15.3. The molecule has 3 saturated heterocycles. The van der Waals surface area contributed by atoms with Crippen molar-refractivity contribution in [2.45, 2.75) is 155 Å². The number of anilines is 3. The van der Waals surface area contributed by atoms with Gasteiger partial charge in [0.1, 0.15) is 105 Å². The standard InChI is InChI=1S/3C33H37ClFN3O5/c3*1-5-25-22-36(19-20-37(25)32(41)43-33(2,3)4)31(40)30(23-11-13-24(35)14-12-23)38(29(39)21-34)26-15-17-28(18-16-26)42-27-9-7-6-8-10-27/h3*6-18,25,30H,5,19-22H2,1-4H3/t25-,30+;2*25-,30-/m010/s1. The predicted molar refractivity (Wildman–Crippen MR) is 492 cm³/mol. The van der Waals surface area contributed by atoms with E-state index in [9.17, 15) is 56.3 Å². The number of benzene rings is 9. The Labute approximate surface area is 767 Å². The number of rotatable bonds is 24. The van der Waals surface area contributed by atoms with Gasteiger partial charge in [-0.2, -0.15) is 0 Å². The molecule has 6 atom stereocenters. The van der Waals surface area contributed by atoms with E-state index < -0.39 is 88.4 Å². The minimum Gasteiger partial charge on any atom is -0.457 e. The third kappa shape index (κ3) is 27.4. The van der Waals surface area contributed by atoms with Crippen molar-refractivity contribution in [2.24, 2.45) is 0 Å². The Morgan fingerprint density at radius 3 is 0.721 bits per heavy atom. The van der Waals surface area contributed by atoms with Crippen molar-refractivity contribution in [3.63, 3.8) is 0 Å². The fourth-order valence-electron chi connectivity index (χ4n) is 15.0. The highest BCUT2D eigenvalue weighted by molar-refractivity contribution is 6.31. The van der Waals surface area contributed by atoms with Gasteiger partial charge < -0.3 is 57.8 Å². The lowest BCUT2D eigenvalue weighted by atomic mass is 10.0. The van der Waals surface area contributed by atoms with Crippen LogP contribution in [0.25, 0.3) is 0 Å². The molecule has 3 heterocycles. The molecule has 0 aliphatic carbocycles. The summed E-state index contributed by atoms with van der Waals surface area (Å²) in [5, 5.41) is 0. The number of hydrogen-bond acceptors (Lipinski definition) is 15. The molecule has 9 amide bonds. The highest BCUT2D eigenvalue weighted by atomic mass is 35.5. The lowest BCUT2D eigenvalue weighted by Crippen LogP contribution is -2.59. The Kier molecular flexibility index (Phi) is 34.9. The molecule has 0 spiro atoms. The first-order valence-electron chi connectivity index (χ1n) is 42.8. The van der Waals surface area contributed by atoms with E-state index in [1.54, 1.807) is 102 Å². The molecule has 3 aliphatic rings. The van der Waals surface area contributed by atoms with E-state index in [-0.39, 0.29) is 112 Å². The molecule has 3 aliphatic heterocycles. The Bertz CT molecular complexity index is 4710. The normalized spacial score (nSPS) is 15.9. The summed E-state index contributed by atoms with van der Waals surface area (Å²) >= 11 is 18.2. The lowest BCUT2D eigenvalue weighted by Gasteiger charge is -2.43. The molecule has 684 valence electrons. The fraction of sp³-hybridized carbons (Fsp3) is 0.364. The monoisotopic (exact) mass is 1830 g/mol. The number of para-hydroxylation sites is 3. The van der Waals surface area contributed by atoms with Crippen LogP contribution in [0.4, 0.5) is 44.6 Å². The molecule has 24 nitrogen and oxygen atoms in total. The molecule has 0 bridgehead atoms. The minimum absolute atomic E-state index is 0.235. The van der Waals surface area contributed by atoms with Gasteiger partial charge in [0.05, 0.1) is 18.1 Å². The zero-order valence-corrected chi connectivity index (χ0v) is 76.8. The Hall–Kier alpha value is -12.3. The number of carbonyl (C=O) groups excluding carboxylic acids is 9. The SMILES string of the molecule is CC[C@@H]1CN(C(=O)[C@@H](c2ccc(F)cc2)N(C(=O)CCl)c2ccc(Oc3ccccc3)cc2)CCN1C(=O)OC(C)(C)C.CC[C@H]1CN(C(=O)[C@@H](c2ccc(F)cc2)N(C(=O)CCl)c2ccc(Oc3ccccc3)cc2)CCN1C(=O)OC(C)(C)C.CC[C@H]1CN(C(=O)[C@H](c2ccc(F)cc2)N(C(=O)CCl)c2ccc(Oc3ccccc3)cc2)CCN1C(=O)OC(C)(C)C. The first-order chi connectivity index (χ1) is 61.5. The molecule has 9 aromatic rings. The van der Waals surface area contributed by atoms with Gasteiger partial charge in [-0.3, -0.25) is 43.5 Å². The maximum absolute atomic E-state index is 14.3. The van der Waals surface area contributed by atoms with Crippen molar-refractivity contribution in [3.05, 3.63) is 271 Å².